The van der Waals surface area contributed by atoms with Crippen molar-refractivity contribution in [3.63, 3.8) is 0 Å². The number of rotatable bonds is 5. The highest BCUT2D eigenvalue weighted by molar-refractivity contribution is 7.15. The SMILES string of the molecule is CCCc1nnc(NC(=O)NCc2ccc(F)c(C)c2)s1. The second-order valence-electron chi connectivity index (χ2n) is 4.64. The number of amides is 2. The Balaban J connectivity index is 1.85. The van der Waals surface area contributed by atoms with Gasteiger partial charge in [0.15, 0.2) is 0 Å². The van der Waals surface area contributed by atoms with Crippen LogP contribution in [0.1, 0.15) is 29.5 Å². The minimum atomic E-state index is -0.351. The van der Waals surface area contributed by atoms with Crippen LogP contribution in [0.2, 0.25) is 0 Å². The zero-order valence-electron chi connectivity index (χ0n) is 11.9. The van der Waals surface area contributed by atoms with Gasteiger partial charge in [-0.1, -0.05) is 30.4 Å². The van der Waals surface area contributed by atoms with Crippen molar-refractivity contribution in [2.75, 3.05) is 5.32 Å². The fourth-order valence-electron chi connectivity index (χ4n) is 1.76. The van der Waals surface area contributed by atoms with Crippen LogP contribution in [0.25, 0.3) is 0 Å². The molecule has 0 radical (unpaired) electrons. The van der Waals surface area contributed by atoms with E-state index in [1.807, 2.05) is 0 Å². The van der Waals surface area contributed by atoms with Crippen molar-refractivity contribution in [1.29, 1.82) is 0 Å². The smallest absolute Gasteiger partial charge is 0.321 e. The molecule has 0 saturated carbocycles. The van der Waals surface area contributed by atoms with Gasteiger partial charge in [0.2, 0.25) is 5.13 Å². The van der Waals surface area contributed by atoms with Crippen LogP contribution in [0.3, 0.4) is 0 Å². The third-order valence-corrected chi connectivity index (χ3v) is 3.73. The molecule has 112 valence electrons. The molecule has 0 aliphatic heterocycles. The first-order valence-corrected chi connectivity index (χ1v) is 7.52. The lowest BCUT2D eigenvalue weighted by molar-refractivity contribution is 0.251. The molecule has 2 rings (SSSR count). The molecule has 0 atom stereocenters. The van der Waals surface area contributed by atoms with Crippen LogP contribution in [0, 0.1) is 12.7 Å². The van der Waals surface area contributed by atoms with Gasteiger partial charge in [0.05, 0.1) is 0 Å². The molecular formula is C14H17FN4OS. The van der Waals surface area contributed by atoms with Crippen molar-refractivity contribution in [3.05, 3.63) is 40.2 Å². The molecule has 5 nitrogen and oxygen atoms in total. The highest BCUT2D eigenvalue weighted by atomic mass is 32.1. The van der Waals surface area contributed by atoms with Gasteiger partial charge in [-0.25, -0.2) is 9.18 Å². The monoisotopic (exact) mass is 308 g/mol. The predicted molar refractivity (Wildman–Crippen MR) is 80.9 cm³/mol. The Morgan fingerprint density at radius 1 is 1.38 bits per heavy atom. The molecule has 0 saturated heterocycles. The summed E-state index contributed by atoms with van der Waals surface area (Å²) in [6.07, 6.45) is 1.85. The maximum absolute atomic E-state index is 13.1. The number of urea groups is 1. The number of nitrogens with one attached hydrogen (secondary N) is 2. The topological polar surface area (TPSA) is 66.9 Å². The Bertz CT molecular complexity index is 629. The zero-order valence-corrected chi connectivity index (χ0v) is 12.8. The average molecular weight is 308 g/mol. The molecule has 7 heteroatoms. The van der Waals surface area contributed by atoms with E-state index in [0.717, 1.165) is 23.4 Å². The summed E-state index contributed by atoms with van der Waals surface area (Å²) in [6.45, 7) is 4.08. The average Bonchev–Trinajstić information content (AvgIpc) is 2.88. The van der Waals surface area contributed by atoms with Gasteiger partial charge in [-0.15, -0.1) is 10.2 Å². The number of aromatic nitrogens is 2. The quantitative estimate of drug-likeness (QED) is 0.891. The normalized spacial score (nSPS) is 10.4. The standard InChI is InChI=1S/C14H17FN4OS/c1-3-4-12-18-19-14(21-12)17-13(20)16-8-10-5-6-11(15)9(2)7-10/h5-7H,3-4,8H2,1-2H3,(H2,16,17,19,20). The van der Waals surface area contributed by atoms with Gasteiger partial charge in [-0.2, -0.15) is 0 Å². The molecule has 0 aliphatic carbocycles. The van der Waals surface area contributed by atoms with E-state index in [4.69, 9.17) is 0 Å². The van der Waals surface area contributed by atoms with Crippen LogP contribution in [0.4, 0.5) is 14.3 Å². The van der Waals surface area contributed by atoms with Crippen molar-refractivity contribution in [1.82, 2.24) is 15.5 Å². The number of nitrogens with zero attached hydrogens (tertiary/aromatic N) is 2. The molecule has 2 aromatic rings. The summed E-state index contributed by atoms with van der Waals surface area (Å²) in [5, 5.41) is 14.6. The van der Waals surface area contributed by atoms with E-state index in [0.29, 0.717) is 17.2 Å². The highest BCUT2D eigenvalue weighted by Gasteiger charge is 2.07. The van der Waals surface area contributed by atoms with E-state index in [1.54, 1.807) is 19.1 Å². The molecule has 0 spiro atoms. The molecule has 1 heterocycles. The lowest BCUT2D eigenvalue weighted by atomic mass is 10.1. The molecule has 0 unspecified atom stereocenters. The summed E-state index contributed by atoms with van der Waals surface area (Å²) in [5.74, 6) is -0.250. The minimum Gasteiger partial charge on any atom is -0.334 e. The second-order valence-corrected chi connectivity index (χ2v) is 5.70. The van der Waals surface area contributed by atoms with Crippen LogP contribution < -0.4 is 10.6 Å². The van der Waals surface area contributed by atoms with Crippen LogP contribution in [0.5, 0.6) is 0 Å². The number of aryl methyl sites for hydroxylation is 2. The van der Waals surface area contributed by atoms with Crippen molar-refractivity contribution in [2.24, 2.45) is 0 Å². The molecule has 0 bridgehead atoms. The summed E-state index contributed by atoms with van der Waals surface area (Å²) >= 11 is 1.37. The van der Waals surface area contributed by atoms with Crippen LogP contribution >= 0.6 is 11.3 Å². The maximum atomic E-state index is 13.1. The van der Waals surface area contributed by atoms with Gasteiger partial charge in [0.1, 0.15) is 10.8 Å². The zero-order chi connectivity index (χ0) is 15.2. The minimum absolute atomic E-state index is 0.250. The molecule has 1 aromatic carbocycles. The van der Waals surface area contributed by atoms with E-state index in [2.05, 4.69) is 27.8 Å². The number of anilines is 1. The first kappa shape index (κ1) is 15.4. The number of hydrogen-bond donors (Lipinski definition) is 2. The maximum Gasteiger partial charge on any atom is 0.321 e. The molecule has 0 fully saturated rings. The Morgan fingerprint density at radius 2 is 2.19 bits per heavy atom. The number of hydrogen-bond acceptors (Lipinski definition) is 4. The molecule has 2 amide bonds. The summed E-state index contributed by atoms with van der Waals surface area (Å²) in [6, 6.07) is 4.40. The summed E-state index contributed by atoms with van der Waals surface area (Å²) in [4.78, 5) is 11.7. The largest absolute Gasteiger partial charge is 0.334 e. The van der Waals surface area contributed by atoms with Gasteiger partial charge in [-0.3, -0.25) is 5.32 Å². The Kier molecular flexibility index (Phi) is 5.21. The molecule has 21 heavy (non-hydrogen) atoms. The highest BCUT2D eigenvalue weighted by Crippen LogP contribution is 2.16. The third kappa shape index (κ3) is 4.49. The van der Waals surface area contributed by atoms with Gasteiger partial charge in [0, 0.05) is 13.0 Å². The fourth-order valence-corrected chi connectivity index (χ4v) is 2.60. The van der Waals surface area contributed by atoms with Gasteiger partial charge < -0.3 is 5.32 Å². The number of carbonyl (C=O) groups excluding carboxylic acids is 1. The van der Waals surface area contributed by atoms with E-state index in [9.17, 15) is 9.18 Å². The fraction of sp³-hybridized carbons (Fsp3) is 0.357. The molecule has 0 aliphatic rings. The summed E-state index contributed by atoms with van der Waals surface area (Å²) < 4.78 is 13.1. The Hall–Kier alpha value is -2.02. The molecule has 2 N–H and O–H groups in total. The van der Waals surface area contributed by atoms with E-state index in [1.165, 1.54) is 17.4 Å². The van der Waals surface area contributed by atoms with Crippen LogP contribution in [0.15, 0.2) is 18.2 Å². The van der Waals surface area contributed by atoms with Crippen molar-refractivity contribution < 1.29 is 9.18 Å². The molecule has 1 aromatic heterocycles. The Labute approximate surface area is 126 Å². The van der Waals surface area contributed by atoms with E-state index >= 15 is 0 Å². The third-order valence-electron chi connectivity index (χ3n) is 2.83. The van der Waals surface area contributed by atoms with Gasteiger partial charge in [0.25, 0.3) is 0 Å². The Morgan fingerprint density at radius 3 is 2.90 bits per heavy atom. The predicted octanol–water partition coefficient (Wildman–Crippen LogP) is 3.26. The summed E-state index contributed by atoms with van der Waals surface area (Å²) in [7, 11) is 0. The van der Waals surface area contributed by atoms with Crippen molar-refractivity contribution in [3.8, 4) is 0 Å². The second kappa shape index (κ2) is 7.12. The number of benzene rings is 1. The lowest BCUT2D eigenvalue weighted by Gasteiger charge is -2.06. The first-order valence-electron chi connectivity index (χ1n) is 6.70. The number of halogens is 1. The summed E-state index contributed by atoms with van der Waals surface area (Å²) in [5.41, 5.74) is 1.40. The van der Waals surface area contributed by atoms with E-state index in [-0.39, 0.29) is 11.8 Å². The first-order chi connectivity index (χ1) is 10.1. The van der Waals surface area contributed by atoms with Crippen LogP contribution in [-0.2, 0) is 13.0 Å². The van der Waals surface area contributed by atoms with E-state index < -0.39 is 0 Å². The van der Waals surface area contributed by atoms with Crippen LogP contribution in [-0.4, -0.2) is 16.2 Å². The van der Waals surface area contributed by atoms with Gasteiger partial charge >= 0.3 is 6.03 Å². The lowest BCUT2D eigenvalue weighted by Crippen LogP contribution is -2.28. The van der Waals surface area contributed by atoms with Crippen molar-refractivity contribution in [2.45, 2.75) is 33.2 Å². The van der Waals surface area contributed by atoms with Gasteiger partial charge in [-0.05, 0) is 30.5 Å². The number of carbonyl (C=O) groups is 1. The van der Waals surface area contributed by atoms with Crippen molar-refractivity contribution >= 4 is 22.5 Å². The molecular weight excluding hydrogens is 291 g/mol.